The smallest absolute Gasteiger partial charge is 0.167 e. The summed E-state index contributed by atoms with van der Waals surface area (Å²) >= 11 is 0. The van der Waals surface area contributed by atoms with Crippen LogP contribution in [0.15, 0.2) is 91.0 Å². The molecule has 2 nitrogen and oxygen atoms in total. The second-order valence-electron chi connectivity index (χ2n) is 6.99. The molecule has 0 aliphatic carbocycles. The van der Waals surface area contributed by atoms with E-state index in [2.05, 4.69) is 47.8 Å². The third kappa shape index (κ3) is 2.70. The number of anilines is 1. The fourth-order valence-corrected chi connectivity index (χ4v) is 4.09. The van der Waals surface area contributed by atoms with E-state index in [9.17, 15) is 4.79 Å². The van der Waals surface area contributed by atoms with Crippen molar-refractivity contribution in [3.05, 3.63) is 102 Å². The molecule has 0 saturated heterocycles. The number of Topliss-reactive ketones (excluding diaryl/α,β-unsaturated/α-hetero) is 1. The van der Waals surface area contributed by atoms with Crippen molar-refractivity contribution in [1.29, 1.82) is 0 Å². The van der Waals surface area contributed by atoms with Crippen LogP contribution in [0, 0.1) is 0 Å². The lowest BCUT2D eigenvalue weighted by atomic mass is 9.86. The lowest BCUT2D eigenvalue weighted by molar-refractivity contribution is 0.0974. The van der Waals surface area contributed by atoms with Gasteiger partial charge in [-0.25, -0.2) is 0 Å². The zero-order valence-corrected chi connectivity index (χ0v) is 14.9. The Morgan fingerprint density at radius 3 is 2.37 bits per heavy atom. The molecule has 1 aliphatic heterocycles. The van der Waals surface area contributed by atoms with Crippen molar-refractivity contribution in [3.63, 3.8) is 0 Å². The summed E-state index contributed by atoms with van der Waals surface area (Å²) in [6.45, 7) is 0. The Bertz CT molecular complexity index is 1150. The molecule has 4 aromatic rings. The number of benzene rings is 4. The number of nitrogens with one attached hydrogen (secondary N) is 1. The molecule has 2 heteroatoms. The minimum absolute atomic E-state index is 0.0254. The van der Waals surface area contributed by atoms with Crippen LogP contribution in [0.2, 0.25) is 0 Å². The zero-order valence-electron chi connectivity index (χ0n) is 14.9. The van der Waals surface area contributed by atoms with Crippen molar-refractivity contribution in [2.75, 3.05) is 5.32 Å². The number of fused-ring (bicyclic) bond motifs is 3. The monoisotopic (exact) mass is 349 g/mol. The van der Waals surface area contributed by atoms with E-state index in [0.717, 1.165) is 27.6 Å². The summed E-state index contributed by atoms with van der Waals surface area (Å²) in [5, 5.41) is 5.76. The summed E-state index contributed by atoms with van der Waals surface area (Å²) in [7, 11) is 0. The predicted molar refractivity (Wildman–Crippen MR) is 111 cm³/mol. The zero-order chi connectivity index (χ0) is 18.2. The van der Waals surface area contributed by atoms with Crippen LogP contribution in [0.5, 0.6) is 0 Å². The lowest BCUT2D eigenvalue weighted by Gasteiger charge is -2.29. The average Bonchev–Trinajstić information content (AvgIpc) is 2.74. The second-order valence-corrected chi connectivity index (χ2v) is 6.99. The Labute approximate surface area is 158 Å². The van der Waals surface area contributed by atoms with Gasteiger partial charge in [0.2, 0.25) is 0 Å². The molecule has 27 heavy (non-hydrogen) atoms. The Balaban J connectivity index is 1.61. The van der Waals surface area contributed by atoms with Gasteiger partial charge in [0, 0.05) is 17.7 Å². The van der Waals surface area contributed by atoms with Crippen LogP contribution < -0.4 is 5.32 Å². The standard InChI is InChI=1S/C25H19NO/c27-24-16-23(21-13-7-6-11-19(21)17-8-2-1-3-9-17)26-22-15-14-18-10-4-5-12-20(18)25(22)24/h1-15,23,26H,16H2. The topological polar surface area (TPSA) is 29.1 Å². The van der Waals surface area contributed by atoms with Crippen molar-refractivity contribution < 1.29 is 4.79 Å². The highest BCUT2D eigenvalue weighted by Crippen LogP contribution is 2.39. The normalized spacial score (nSPS) is 16.0. The lowest BCUT2D eigenvalue weighted by Crippen LogP contribution is -2.23. The number of carbonyl (C=O) groups excluding carboxylic acids is 1. The largest absolute Gasteiger partial charge is 0.377 e. The van der Waals surface area contributed by atoms with Crippen molar-refractivity contribution >= 4 is 22.2 Å². The molecular weight excluding hydrogens is 330 g/mol. The van der Waals surface area contributed by atoms with Gasteiger partial charge in [0.05, 0.1) is 6.04 Å². The van der Waals surface area contributed by atoms with Gasteiger partial charge < -0.3 is 5.32 Å². The molecule has 1 N–H and O–H groups in total. The number of hydrogen-bond acceptors (Lipinski definition) is 2. The molecule has 5 rings (SSSR count). The molecule has 0 amide bonds. The molecule has 130 valence electrons. The van der Waals surface area contributed by atoms with Crippen LogP contribution >= 0.6 is 0 Å². The minimum atomic E-state index is -0.0254. The third-order valence-electron chi connectivity index (χ3n) is 5.35. The maximum atomic E-state index is 13.1. The van der Waals surface area contributed by atoms with Gasteiger partial charge in [-0.1, -0.05) is 84.9 Å². The molecule has 0 saturated carbocycles. The quantitative estimate of drug-likeness (QED) is 0.464. The Hall–Kier alpha value is -3.39. The molecule has 1 unspecified atom stereocenters. The average molecular weight is 349 g/mol. The minimum Gasteiger partial charge on any atom is -0.377 e. The van der Waals surface area contributed by atoms with Gasteiger partial charge in [0.1, 0.15) is 0 Å². The van der Waals surface area contributed by atoms with Crippen LogP contribution in [-0.4, -0.2) is 5.78 Å². The molecular formula is C25H19NO. The summed E-state index contributed by atoms with van der Waals surface area (Å²) in [6.07, 6.45) is 0.463. The predicted octanol–water partition coefficient (Wildman–Crippen LogP) is 6.25. The summed E-state index contributed by atoms with van der Waals surface area (Å²) in [5.74, 6) is 0.202. The molecule has 0 spiro atoms. The fourth-order valence-electron chi connectivity index (χ4n) is 4.09. The molecule has 0 aromatic heterocycles. The first-order chi connectivity index (χ1) is 13.3. The van der Waals surface area contributed by atoms with Gasteiger partial charge in [0.25, 0.3) is 0 Å². The van der Waals surface area contributed by atoms with Gasteiger partial charge in [-0.15, -0.1) is 0 Å². The third-order valence-corrected chi connectivity index (χ3v) is 5.35. The number of ketones is 1. The van der Waals surface area contributed by atoms with Gasteiger partial charge in [-0.05, 0) is 33.5 Å². The van der Waals surface area contributed by atoms with Crippen molar-refractivity contribution in [3.8, 4) is 11.1 Å². The van der Waals surface area contributed by atoms with Crippen molar-refractivity contribution in [2.24, 2.45) is 0 Å². The number of rotatable bonds is 2. The maximum Gasteiger partial charge on any atom is 0.167 e. The summed E-state index contributed by atoms with van der Waals surface area (Å²) in [4.78, 5) is 13.1. The van der Waals surface area contributed by atoms with Crippen LogP contribution in [-0.2, 0) is 0 Å². The Morgan fingerprint density at radius 1 is 0.741 bits per heavy atom. The maximum absolute atomic E-state index is 13.1. The first-order valence-electron chi connectivity index (χ1n) is 9.27. The van der Waals surface area contributed by atoms with E-state index >= 15 is 0 Å². The molecule has 0 bridgehead atoms. The van der Waals surface area contributed by atoms with E-state index < -0.39 is 0 Å². The van der Waals surface area contributed by atoms with Gasteiger partial charge in [0.15, 0.2) is 5.78 Å². The van der Waals surface area contributed by atoms with E-state index in [0.29, 0.717) is 6.42 Å². The summed E-state index contributed by atoms with van der Waals surface area (Å²) in [5.41, 5.74) is 5.26. The molecule has 4 aromatic carbocycles. The van der Waals surface area contributed by atoms with Gasteiger partial charge in [-0.2, -0.15) is 0 Å². The van der Waals surface area contributed by atoms with E-state index in [4.69, 9.17) is 0 Å². The van der Waals surface area contributed by atoms with Crippen molar-refractivity contribution in [1.82, 2.24) is 0 Å². The Kier molecular flexibility index (Phi) is 3.75. The summed E-state index contributed by atoms with van der Waals surface area (Å²) < 4.78 is 0. The molecule has 0 radical (unpaired) electrons. The Morgan fingerprint density at radius 2 is 1.48 bits per heavy atom. The van der Waals surface area contributed by atoms with Gasteiger partial charge >= 0.3 is 0 Å². The fraction of sp³-hybridized carbons (Fsp3) is 0.0800. The number of carbonyl (C=O) groups is 1. The van der Waals surface area contributed by atoms with E-state index in [1.807, 2.05) is 48.5 Å². The molecule has 1 heterocycles. The second kappa shape index (κ2) is 6.40. The first kappa shape index (κ1) is 15.8. The molecule has 0 fully saturated rings. The van der Waals surface area contributed by atoms with Crippen LogP contribution in [0.25, 0.3) is 21.9 Å². The van der Waals surface area contributed by atoms with E-state index in [-0.39, 0.29) is 11.8 Å². The van der Waals surface area contributed by atoms with Gasteiger partial charge in [-0.3, -0.25) is 4.79 Å². The molecule has 1 atom stereocenters. The van der Waals surface area contributed by atoms with Crippen LogP contribution in [0.1, 0.15) is 28.4 Å². The SMILES string of the molecule is O=C1CC(c2ccccc2-c2ccccc2)Nc2ccc3ccccc3c21. The highest BCUT2D eigenvalue weighted by atomic mass is 16.1. The highest BCUT2D eigenvalue weighted by Gasteiger charge is 2.28. The molecule has 1 aliphatic rings. The first-order valence-corrected chi connectivity index (χ1v) is 9.27. The number of hydrogen-bond donors (Lipinski definition) is 1. The van der Waals surface area contributed by atoms with Crippen LogP contribution in [0.3, 0.4) is 0 Å². The van der Waals surface area contributed by atoms with E-state index in [1.165, 1.54) is 11.1 Å². The highest BCUT2D eigenvalue weighted by molar-refractivity contribution is 6.14. The van der Waals surface area contributed by atoms with Crippen molar-refractivity contribution in [2.45, 2.75) is 12.5 Å². The van der Waals surface area contributed by atoms with E-state index in [1.54, 1.807) is 0 Å². The summed E-state index contributed by atoms with van der Waals surface area (Å²) in [6, 6.07) is 30.9. The van der Waals surface area contributed by atoms with Crippen LogP contribution in [0.4, 0.5) is 5.69 Å².